The molecule has 0 radical (unpaired) electrons. The molecule has 8 N–H and O–H groups in total. The lowest BCUT2D eigenvalue weighted by Crippen LogP contribution is -2.28. The van der Waals surface area contributed by atoms with Gasteiger partial charge in [0.2, 0.25) is 11.9 Å². The molecular formula is C22H28Cl2N8O2. The highest BCUT2D eigenvalue weighted by Gasteiger charge is 2.11. The van der Waals surface area contributed by atoms with E-state index in [1.54, 1.807) is 12.4 Å². The Kier molecular flexibility index (Phi) is 12.3. The molecule has 12 heteroatoms. The first-order valence-corrected chi connectivity index (χ1v) is 9.99. The average Bonchev–Trinajstić information content (AvgIpc) is 2.82. The van der Waals surface area contributed by atoms with Crippen molar-refractivity contribution in [3.8, 4) is 0 Å². The van der Waals surface area contributed by atoms with Crippen LogP contribution in [0.4, 0.5) is 0 Å². The number of hydrazone groups is 2. The number of nitrogens with one attached hydrogen (secondary N) is 2. The molecule has 0 saturated carbocycles. The lowest BCUT2D eigenvalue weighted by atomic mass is 9.92. The number of nitrogens with zero attached hydrogens (tertiary/aromatic N) is 4. The van der Waals surface area contributed by atoms with E-state index in [0.717, 1.165) is 32.7 Å². The predicted molar refractivity (Wildman–Crippen MR) is 145 cm³/mol. The smallest absolute Gasteiger partial charge is 0.209 e. The number of fused-ring (bicyclic) bond motifs is 2. The van der Waals surface area contributed by atoms with E-state index in [0.29, 0.717) is 0 Å². The zero-order valence-corrected chi connectivity index (χ0v) is 19.9. The van der Waals surface area contributed by atoms with Gasteiger partial charge in [-0.3, -0.25) is 0 Å². The zero-order valence-electron chi connectivity index (χ0n) is 18.3. The average molecular weight is 507 g/mol. The number of nitrogens with two attached hydrogens (primary N) is 2. The van der Waals surface area contributed by atoms with E-state index in [9.17, 15) is 0 Å². The number of aliphatic imine (C=N–C) groups is 2. The van der Waals surface area contributed by atoms with Gasteiger partial charge in [-0.25, -0.2) is 20.8 Å². The molecule has 3 aromatic rings. The van der Waals surface area contributed by atoms with Crippen LogP contribution in [0.2, 0.25) is 0 Å². The summed E-state index contributed by atoms with van der Waals surface area (Å²) in [5.41, 5.74) is 18.7. The maximum atomic E-state index is 8.84. The van der Waals surface area contributed by atoms with Gasteiger partial charge in [-0.05, 0) is 21.5 Å². The van der Waals surface area contributed by atoms with Crippen molar-refractivity contribution in [1.82, 2.24) is 10.9 Å². The van der Waals surface area contributed by atoms with Crippen LogP contribution in [-0.4, -0.2) is 60.9 Å². The van der Waals surface area contributed by atoms with Gasteiger partial charge in [0, 0.05) is 11.1 Å². The summed E-state index contributed by atoms with van der Waals surface area (Å²) >= 11 is 0. The number of guanidine groups is 2. The molecule has 0 aromatic heterocycles. The van der Waals surface area contributed by atoms with Gasteiger partial charge in [-0.2, -0.15) is 10.2 Å². The fourth-order valence-corrected chi connectivity index (χ4v) is 3.21. The molecule has 0 fully saturated rings. The first-order valence-electron chi connectivity index (χ1n) is 9.99. The molecule has 34 heavy (non-hydrogen) atoms. The third-order valence-electron chi connectivity index (χ3n) is 4.52. The molecule has 3 aromatic carbocycles. The lowest BCUT2D eigenvalue weighted by Gasteiger charge is -2.12. The van der Waals surface area contributed by atoms with Crippen molar-refractivity contribution in [2.24, 2.45) is 31.7 Å². The van der Waals surface area contributed by atoms with E-state index in [4.69, 9.17) is 21.7 Å². The van der Waals surface area contributed by atoms with E-state index in [1.165, 1.54) is 0 Å². The minimum atomic E-state index is -0.0851. The third-order valence-corrected chi connectivity index (χ3v) is 4.52. The van der Waals surface area contributed by atoms with E-state index in [1.807, 2.05) is 48.5 Å². The highest BCUT2D eigenvalue weighted by atomic mass is 35.5. The van der Waals surface area contributed by atoms with Gasteiger partial charge in [0.25, 0.3) is 0 Å². The fourth-order valence-electron chi connectivity index (χ4n) is 3.21. The number of rotatable bonds is 8. The normalized spacial score (nSPS) is 12.2. The van der Waals surface area contributed by atoms with Gasteiger partial charge in [0.15, 0.2) is 0 Å². The highest BCUT2D eigenvalue weighted by Crippen LogP contribution is 2.31. The van der Waals surface area contributed by atoms with Crippen molar-refractivity contribution in [1.29, 1.82) is 0 Å². The Bertz CT molecular complexity index is 1050. The summed E-state index contributed by atoms with van der Waals surface area (Å²) < 4.78 is 0. The van der Waals surface area contributed by atoms with Crippen molar-refractivity contribution >= 4 is 70.7 Å². The molecule has 0 spiro atoms. The minimum absolute atomic E-state index is 0. The molecule has 0 bridgehead atoms. The maximum absolute atomic E-state index is 8.84. The van der Waals surface area contributed by atoms with Gasteiger partial charge >= 0.3 is 0 Å². The SMILES string of the molecule is Cl.Cl.NC(=NCCO)N/N=C/c1c2ccccc2c(/C=N/NC(N)=NCCO)c2ccccc12. The molecule has 10 nitrogen and oxygen atoms in total. The Balaban J connectivity index is 0.00000289. The van der Waals surface area contributed by atoms with Crippen molar-refractivity contribution in [2.75, 3.05) is 26.3 Å². The van der Waals surface area contributed by atoms with Crippen LogP contribution in [-0.2, 0) is 0 Å². The largest absolute Gasteiger partial charge is 0.394 e. The molecule has 182 valence electrons. The summed E-state index contributed by atoms with van der Waals surface area (Å²) in [4.78, 5) is 7.88. The second-order valence-electron chi connectivity index (χ2n) is 6.64. The second kappa shape index (κ2) is 14.7. The monoisotopic (exact) mass is 506 g/mol. The molecule has 0 aliphatic heterocycles. The number of hydrogen-bond donors (Lipinski definition) is 6. The van der Waals surface area contributed by atoms with Crippen LogP contribution in [0.3, 0.4) is 0 Å². The molecule has 0 aliphatic carbocycles. The zero-order chi connectivity index (χ0) is 22.8. The summed E-state index contributed by atoms with van der Waals surface area (Å²) in [5, 5.41) is 30.1. The Morgan fingerprint density at radius 3 is 1.29 bits per heavy atom. The number of aliphatic hydroxyl groups excluding tert-OH is 2. The summed E-state index contributed by atoms with van der Waals surface area (Å²) in [6.45, 7) is 0.241. The lowest BCUT2D eigenvalue weighted by molar-refractivity contribution is 0.306. The standard InChI is InChI=1S/C22H26N8O2.2ClH/c23-21(25-9-11-31)29-27-13-19-15-5-1-2-6-16(15)20(18-8-4-3-7-17(18)19)14-28-30-22(24)26-10-12-32;;/h1-8,13-14,31-32H,9-12H2,(H3,23,25,29)(H3,24,26,30);2*1H/b27-13+,28-14+;;. The first kappa shape index (κ1) is 28.6. The Labute approximate surface area is 209 Å². The maximum Gasteiger partial charge on any atom is 0.209 e. The Hall–Kier alpha value is -3.44. The second-order valence-corrected chi connectivity index (χ2v) is 6.64. The van der Waals surface area contributed by atoms with Gasteiger partial charge in [-0.1, -0.05) is 48.5 Å². The molecular weight excluding hydrogens is 479 g/mol. The first-order chi connectivity index (χ1) is 15.7. The van der Waals surface area contributed by atoms with Gasteiger partial charge in [0.05, 0.1) is 38.7 Å². The van der Waals surface area contributed by atoms with Gasteiger partial charge in [0.1, 0.15) is 0 Å². The minimum Gasteiger partial charge on any atom is -0.394 e. The van der Waals surface area contributed by atoms with Crippen molar-refractivity contribution in [3.63, 3.8) is 0 Å². The molecule has 0 aliphatic rings. The number of aliphatic hydroxyl groups is 2. The van der Waals surface area contributed by atoms with Crippen molar-refractivity contribution in [2.45, 2.75) is 0 Å². The van der Waals surface area contributed by atoms with Crippen LogP contribution in [0.25, 0.3) is 21.5 Å². The summed E-state index contributed by atoms with van der Waals surface area (Å²) in [6.07, 6.45) is 3.40. The molecule has 3 rings (SSSR count). The molecule has 0 atom stereocenters. The molecule has 0 saturated heterocycles. The third kappa shape index (κ3) is 7.29. The van der Waals surface area contributed by atoms with Crippen molar-refractivity contribution in [3.05, 3.63) is 59.7 Å². The highest BCUT2D eigenvalue weighted by molar-refractivity contribution is 6.21. The summed E-state index contributed by atoms with van der Waals surface area (Å²) in [5.74, 6) is 0.248. The van der Waals surface area contributed by atoms with Gasteiger partial charge in [-0.15, -0.1) is 24.8 Å². The quantitative estimate of drug-likeness (QED) is 0.116. The van der Waals surface area contributed by atoms with Crippen molar-refractivity contribution < 1.29 is 10.2 Å². The van der Waals surface area contributed by atoms with E-state index < -0.39 is 0 Å². The molecule has 0 heterocycles. The molecule has 0 unspecified atom stereocenters. The number of benzene rings is 3. The predicted octanol–water partition coefficient (Wildman–Crippen LogP) is 1.30. The summed E-state index contributed by atoms with van der Waals surface area (Å²) in [6, 6.07) is 15.9. The fraction of sp³-hybridized carbons (Fsp3) is 0.182. The van der Waals surface area contributed by atoms with E-state index in [-0.39, 0.29) is 63.0 Å². The Morgan fingerprint density at radius 1 is 0.676 bits per heavy atom. The van der Waals surface area contributed by atoms with E-state index in [2.05, 4.69) is 31.0 Å². The van der Waals surface area contributed by atoms with E-state index >= 15 is 0 Å². The van der Waals surface area contributed by atoms with Crippen LogP contribution >= 0.6 is 24.8 Å². The molecule has 0 amide bonds. The summed E-state index contributed by atoms with van der Waals surface area (Å²) in [7, 11) is 0. The van der Waals surface area contributed by atoms with Crippen LogP contribution in [0.5, 0.6) is 0 Å². The number of halogens is 2. The van der Waals surface area contributed by atoms with Crippen LogP contribution < -0.4 is 22.3 Å². The van der Waals surface area contributed by atoms with Gasteiger partial charge < -0.3 is 21.7 Å². The topological polar surface area (TPSA) is 166 Å². The van der Waals surface area contributed by atoms with Crippen LogP contribution in [0, 0.1) is 0 Å². The Morgan fingerprint density at radius 2 is 1.00 bits per heavy atom. The van der Waals surface area contributed by atoms with Crippen LogP contribution in [0.1, 0.15) is 11.1 Å². The number of hydrogen-bond acceptors (Lipinski definition) is 6. The van der Waals surface area contributed by atoms with Crippen LogP contribution in [0.15, 0.2) is 68.7 Å².